The van der Waals surface area contributed by atoms with Crippen molar-refractivity contribution in [2.24, 2.45) is 5.41 Å². The highest BCUT2D eigenvalue weighted by Gasteiger charge is 2.30. The Morgan fingerprint density at radius 2 is 1.68 bits per heavy atom. The molecule has 0 aromatic heterocycles. The zero-order valence-electron chi connectivity index (χ0n) is 12.0. The highest BCUT2D eigenvalue weighted by molar-refractivity contribution is 5.96. The molecular weight excluding hydrogens is 252 g/mol. The molecule has 0 saturated carbocycles. The molecular formula is C12H22N2O5. The van der Waals surface area contributed by atoms with Crippen LogP contribution >= 0.6 is 0 Å². The first-order chi connectivity index (χ1) is 8.50. The zero-order valence-corrected chi connectivity index (χ0v) is 12.0. The fraction of sp³-hybridized carbons (Fsp3) is 0.750. The van der Waals surface area contributed by atoms with Gasteiger partial charge in [0, 0.05) is 20.1 Å². The molecule has 0 aromatic rings. The van der Waals surface area contributed by atoms with E-state index in [2.05, 4.69) is 10.6 Å². The zero-order chi connectivity index (χ0) is 15.3. The fourth-order valence-electron chi connectivity index (χ4n) is 1.06. The average molecular weight is 274 g/mol. The van der Waals surface area contributed by atoms with Gasteiger partial charge in [0.25, 0.3) is 0 Å². The van der Waals surface area contributed by atoms with Crippen LogP contribution < -0.4 is 10.6 Å². The van der Waals surface area contributed by atoms with Crippen LogP contribution in [-0.2, 0) is 14.3 Å². The Labute approximate surface area is 112 Å². The van der Waals surface area contributed by atoms with E-state index in [0.29, 0.717) is 0 Å². The Bertz CT molecular complexity index is 363. The Kier molecular flexibility index (Phi) is 5.95. The van der Waals surface area contributed by atoms with Crippen LogP contribution in [0.4, 0.5) is 4.79 Å². The standard InChI is InChI=1S/C12H22N2O5/c1-11(2,9(16)17)6-8(15)14-10(18)13-7-12(3,4)19-5/h6-7H2,1-5H3,(H,16,17)(H2,13,14,15,18). The van der Waals surface area contributed by atoms with Crippen LogP contribution in [-0.4, -0.2) is 42.3 Å². The summed E-state index contributed by atoms with van der Waals surface area (Å²) in [5.74, 6) is -1.73. The van der Waals surface area contributed by atoms with Crippen molar-refractivity contribution in [2.75, 3.05) is 13.7 Å². The van der Waals surface area contributed by atoms with Crippen molar-refractivity contribution in [3.05, 3.63) is 0 Å². The van der Waals surface area contributed by atoms with Gasteiger partial charge in [-0.15, -0.1) is 0 Å². The van der Waals surface area contributed by atoms with Gasteiger partial charge in [0.1, 0.15) is 0 Å². The molecule has 0 aromatic carbocycles. The van der Waals surface area contributed by atoms with Gasteiger partial charge in [-0.3, -0.25) is 14.9 Å². The topological polar surface area (TPSA) is 105 Å². The molecule has 0 saturated heterocycles. The SMILES string of the molecule is COC(C)(C)CNC(=O)NC(=O)CC(C)(C)C(=O)O. The minimum atomic E-state index is -1.21. The summed E-state index contributed by atoms with van der Waals surface area (Å²) in [6.45, 7) is 6.62. The molecule has 0 bridgehead atoms. The number of amides is 3. The van der Waals surface area contributed by atoms with Crippen molar-refractivity contribution < 1.29 is 24.2 Å². The third-order valence-electron chi connectivity index (χ3n) is 2.66. The molecule has 0 aliphatic rings. The molecule has 7 nitrogen and oxygen atoms in total. The molecule has 3 N–H and O–H groups in total. The number of aliphatic carboxylic acids is 1. The second kappa shape index (κ2) is 6.51. The number of rotatable bonds is 6. The molecule has 0 aliphatic carbocycles. The van der Waals surface area contributed by atoms with Crippen molar-refractivity contribution in [3.8, 4) is 0 Å². The van der Waals surface area contributed by atoms with E-state index in [1.807, 2.05) is 0 Å². The normalized spacial score (nSPS) is 11.8. The summed E-state index contributed by atoms with van der Waals surface area (Å²) in [5.41, 5.74) is -1.75. The number of hydrogen-bond donors (Lipinski definition) is 3. The van der Waals surface area contributed by atoms with Crippen LogP contribution in [0.15, 0.2) is 0 Å². The van der Waals surface area contributed by atoms with E-state index in [0.717, 1.165) is 0 Å². The summed E-state index contributed by atoms with van der Waals surface area (Å²) in [4.78, 5) is 33.8. The predicted octanol–water partition coefficient (Wildman–Crippen LogP) is 0.738. The quantitative estimate of drug-likeness (QED) is 0.662. The minimum Gasteiger partial charge on any atom is -0.481 e. The summed E-state index contributed by atoms with van der Waals surface area (Å²) in [6, 6.07) is -0.670. The number of methoxy groups -OCH3 is 1. The van der Waals surface area contributed by atoms with Crippen LogP contribution in [0.3, 0.4) is 0 Å². The molecule has 19 heavy (non-hydrogen) atoms. The first-order valence-corrected chi connectivity index (χ1v) is 5.86. The lowest BCUT2D eigenvalue weighted by Crippen LogP contribution is -2.47. The maximum absolute atomic E-state index is 11.5. The van der Waals surface area contributed by atoms with Crippen LogP contribution in [0, 0.1) is 5.41 Å². The molecule has 0 heterocycles. The Balaban J connectivity index is 4.22. The molecule has 7 heteroatoms. The molecule has 3 amide bonds. The summed E-state index contributed by atoms with van der Waals surface area (Å²) in [7, 11) is 1.51. The van der Waals surface area contributed by atoms with E-state index in [9.17, 15) is 14.4 Å². The third-order valence-corrected chi connectivity index (χ3v) is 2.66. The Morgan fingerprint density at radius 3 is 2.11 bits per heavy atom. The molecule has 0 unspecified atom stereocenters. The van der Waals surface area contributed by atoms with Crippen molar-refractivity contribution in [2.45, 2.75) is 39.7 Å². The van der Waals surface area contributed by atoms with Crippen molar-refractivity contribution in [3.63, 3.8) is 0 Å². The number of hydrogen-bond acceptors (Lipinski definition) is 4. The number of ether oxygens (including phenoxy) is 1. The number of carbonyl (C=O) groups is 3. The van der Waals surface area contributed by atoms with Gasteiger partial charge in [-0.05, 0) is 27.7 Å². The first-order valence-electron chi connectivity index (χ1n) is 5.86. The first kappa shape index (κ1) is 17.4. The van der Waals surface area contributed by atoms with E-state index in [1.165, 1.54) is 21.0 Å². The van der Waals surface area contributed by atoms with E-state index in [4.69, 9.17) is 9.84 Å². The smallest absolute Gasteiger partial charge is 0.321 e. The average Bonchev–Trinajstić information content (AvgIpc) is 2.25. The number of carboxylic acids is 1. The van der Waals surface area contributed by atoms with Gasteiger partial charge in [-0.2, -0.15) is 0 Å². The van der Waals surface area contributed by atoms with Gasteiger partial charge in [0.2, 0.25) is 5.91 Å². The minimum absolute atomic E-state index is 0.227. The molecule has 0 radical (unpaired) electrons. The van der Waals surface area contributed by atoms with Gasteiger partial charge >= 0.3 is 12.0 Å². The summed E-state index contributed by atoms with van der Waals surface area (Å²) < 4.78 is 5.10. The van der Waals surface area contributed by atoms with Gasteiger partial charge in [0.15, 0.2) is 0 Å². The molecule has 0 atom stereocenters. The highest BCUT2D eigenvalue weighted by atomic mass is 16.5. The fourth-order valence-corrected chi connectivity index (χ4v) is 1.06. The molecule has 0 aliphatic heterocycles. The number of imide groups is 1. The maximum Gasteiger partial charge on any atom is 0.321 e. The third kappa shape index (κ3) is 6.76. The molecule has 110 valence electrons. The maximum atomic E-state index is 11.5. The number of carbonyl (C=O) groups excluding carboxylic acids is 2. The molecule has 0 fully saturated rings. The number of urea groups is 1. The summed E-state index contributed by atoms with van der Waals surface area (Å²) in [6.07, 6.45) is -0.274. The lowest BCUT2D eigenvalue weighted by Gasteiger charge is -2.23. The highest BCUT2D eigenvalue weighted by Crippen LogP contribution is 2.19. The van der Waals surface area contributed by atoms with Crippen molar-refractivity contribution in [1.29, 1.82) is 0 Å². The largest absolute Gasteiger partial charge is 0.481 e. The van der Waals surface area contributed by atoms with Gasteiger partial charge in [-0.1, -0.05) is 0 Å². The molecule has 0 rings (SSSR count). The summed E-state index contributed by atoms with van der Waals surface area (Å²) >= 11 is 0. The van der Waals surface area contributed by atoms with E-state index in [1.54, 1.807) is 13.8 Å². The van der Waals surface area contributed by atoms with Gasteiger partial charge < -0.3 is 15.2 Å². The number of nitrogens with one attached hydrogen (secondary N) is 2. The second-order valence-electron chi connectivity index (χ2n) is 5.56. The van der Waals surface area contributed by atoms with E-state index >= 15 is 0 Å². The van der Waals surface area contributed by atoms with Crippen molar-refractivity contribution in [1.82, 2.24) is 10.6 Å². The summed E-state index contributed by atoms with van der Waals surface area (Å²) in [5, 5.41) is 13.4. The number of carboxylic acid groups (broad SMARTS) is 1. The van der Waals surface area contributed by atoms with Gasteiger partial charge in [0.05, 0.1) is 11.0 Å². The Hall–Kier alpha value is -1.63. The molecule has 0 spiro atoms. The van der Waals surface area contributed by atoms with Crippen LogP contribution in [0.2, 0.25) is 0 Å². The van der Waals surface area contributed by atoms with Crippen LogP contribution in [0.25, 0.3) is 0 Å². The second-order valence-corrected chi connectivity index (χ2v) is 5.56. The lowest BCUT2D eigenvalue weighted by molar-refractivity contribution is -0.149. The van der Waals surface area contributed by atoms with Crippen LogP contribution in [0.5, 0.6) is 0 Å². The van der Waals surface area contributed by atoms with Gasteiger partial charge in [-0.25, -0.2) is 4.79 Å². The van der Waals surface area contributed by atoms with E-state index in [-0.39, 0.29) is 13.0 Å². The lowest BCUT2D eigenvalue weighted by atomic mass is 9.89. The van der Waals surface area contributed by atoms with Crippen LogP contribution in [0.1, 0.15) is 34.1 Å². The van der Waals surface area contributed by atoms with Crippen molar-refractivity contribution >= 4 is 17.9 Å². The predicted molar refractivity (Wildman–Crippen MR) is 68.7 cm³/mol. The monoisotopic (exact) mass is 274 g/mol. The Morgan fingerprint density at radius 1 is 1.16 bits per heavy atom. The van der Waals surface area contributed by atoms with E-state index < -0.39 is 28.9 Å².